The molecule has 2 N–H and O–H groups in total. The number of carbonyl (C=O) groups excluding carboxylic acids is 1. The van der Waals surface area contributed by atoms with E-state index in [4.69, 9.17) is 4.42 Å². The first-order valence-electron chi connectivity index (χ1n) is 6.37. The summed E-state index contributed by atoms with van der Waals surface area (Å²) < 4.78 is 5.18. The van der Waals surface area contributed by atoms with Crippen LogP contribution in [-0.4, -0.2) is 25.0 Å². The van der Waals surface area contributed by atoms with Crippen molar-refractivity contribution in [3.63, 3.8) is 0 Å². The molecule has 2 heterocycles. The molecular weight excluding hydrogens is 216 g/mol. The number of furan rings is 1. The van der Waals surface area contributed by atoms with Gasteiger partial charge in [0.2, 0.25) is 5.91 Å². The zero-order valence-corrected chi connectivity index (χ0v) is 10.1. The summed E-state index contributed by atoms with van der Waals surface area (Å²) in [4.78, 5) is 11.5. The van der Waals surface area contributed by atoms with Crippen molar-refractivity contribution < 1.29 is 9.21 Å². The van der Waals surface area contributed by atoms with Gasteiger partial charge in [0.1, 0.15) is 5.76 Å². The Hall–Kier alpha value is -1.29. The number of amides is 1. The highest BCUT2D eigenvalue weighted by molar-refractivity contribution is 5.76. The second-order valence-corrected chi connectivity index (χ2v) is 4.51. The zero-order chi connectivity index (χ0) is 11.9. The van der Waals surface area contributed by atoms with Gasteiger partial charge in [-0.1, -0.05) is 0 Å². The molecule has 1 amide bonds. The standard InChI is InChI=1S/C13H20N2O2/c16-13(6-5-12-4-2-10-17-12)15-9-7-11-3-1-8-14-11/h2,4,10-11,14H,1,3,5-9H2,(H,15,16)/t11-/m1/s1. The fraction of sp³-hybridized carbons (Fsp3) is 0.615. The summed E-state index contributed by atoms with van der Waals surface area (Å²) in [5, 5.41) is 6.37. The molecular formula is C13H20N2O2. The van der Waals surface area contributed by atoms with Crippen LogP contribution >= 0.6 is 0 Å². The van der Waals surface area contributed by atoms with Crippen LogP contribution in [0.15, 0.2) is 22.8 Å². The molecule has 1 aliphatic heterocycles. The normalized spacial score (nSPS) is 19.4. The maximum atomic E-state index is 11.5. The number of hydrogen-bond donors (Lipinski definition) is 2. The third-order valence-corrected chi connectivity index (χ3v) is 3.16. The van der Waals surface area contributed by atoms with Crippen LogP contribution in [0, 0.1) is 0 Å². The van der Waals surface area contributed by atoms with Crippen LogP contribution in [0.4, 0.5) is 0 Å². The number of nitrogens with one attached hydrogen (secondary N) is 2. The Kier molecular flexibility index (Phi) is 4.62. The minimum absolute atomic E-state index is 0.111. The fourth-order valence-corrected chi connectivity index (χ4v) is 2.17. The second-order valence-electron chi connectivity index (χ2n) is 4.51. The highest BCUT2D eigenvalue weighted by Crippen LogP contribution is 2.07. The lowest BCUT2D eigenvalue weighted by atomic mass is 10.1. The van der Waals surface area contributed by atoms with Crippen LogP contribution in [0.2, 0.25) is 0 Å². The Balaban J connectivity index is 1.54. The van der Waals surface area contributed by atoms with Gasteiger partial charge in [0, 0.05) is 25.4 Å². The van der Waals surface area contributed by atoms with Crippen LogP contribution in [0.25, 0.3) is 0 Å². The van der Waals surface area contributed by atoms with E-state index >= 15 is 0 Å². The van der Waals surface area contributed by atoms with Gasteiger partial charge in [0.05, 0.1) is 6.26 Å². The molecule has 17 heavy (non-hydrogen) atoms. The number of aryl methyl sites for hydroxylation is 1. The smallest absolute Gasteiger partial charge is 0.220 e. The molecule has 94 valence electrons. The van der Waals surface area contributed by atoms with E-state index in [1.165, 1.54) is 12.8 Å². The summed E-state index contributed by atoms with van der Waals surface area (Å²) in [6.45, 7) is 1.89. The molecule has 0 radical (unpaired) electrons. The maximum absolute atomic E-state index is 11.5. The molecule has 0 aromatic carbocycles. The molecule has 0 spiro atoms. The van der Waals surface area contributed by atoms with Crippen LogP contribution in [-0.2, 0) is 11.2 Å². The van der Waals surface area contributed by atoms with E-state index in [0.29, 0.717) is 18.9 Å². The summed E-state index contributed by atoms with van der Waals surface area (Å²) in [5.41, 5.74) is 0. The molecule has 0 bridgehead atoms. The van der Waals surface area contributed by atoms with Crippen molar-refractivity contribution in [2.45, 2.75) is 38.1 Å². The molecule has 1 saturated heterocycles. The summed E-state index contributed by atoms with van der Waals surface area (Å²) in [6, 6.07) is 4.34. The predicted octanol–water partition coefficient (Wildman–Crippen LogP) is 1.47. The van der Waals surface area contributed by atoms with Crippen molar-refractivity contribution >= 4 is 5.91 Å². The van der Waals surface area contributed by atoms with E-state index < -0.39 is 0 Å². The van der Waals surface area contributed by atoms with Crippen LogP contribution < -0.4 is 10.6 Å². The minimum Gasteiger partial charge on any atom is -0.469 e. The molecule has 1 fully saturated rings. The van der Waals surface area contributed by atoms with Gasteiger partial charge in [0.25, 0.3) is 0 Å². The van der Waals surface area contributed by atoms with Crippen molar-refractivity contribution in [1.82, 2.24) is 10.6 Å². The zero-order valence-electron chi connectivity index (χ0n) is 10.1. The predicted molar refractivity (Wildman–Crippen MR) is 65.7 cm³/mol. The molecule has 4 nitrogen and oxygen atoms in total. The van der Waals surface area contributed by atoms with Gasteiger partial charge < -0.3 is 15.1 Å². The third kappa shape index (κ3) is 4.23. The van der Waals surface area contributed by atoms with Gasteiger partial charge in [-0.15, -0.1) is 0 Å². The van der Waals surface area contributed by atoms with E-state index in [0.717, 1.165) is 25.3 Å². The van der Waals surface area contributed by atoms with Crippen molar-refractivity contribution in [1.29, 1.82) is 0 Å². The Bertz CT molecular complexity index is 329. The van der Waals surface area contributed by atoms with E-state index in [1.807, 2.05) is 12.1 Å². The van der Waals surface area contributed by atoms with Crippen molar-refractivity contribution in [2.75, 3.05) is 13.1 Å². The average molecular weight is 236 g/mol. The Morgan fingerprint density at radius 2 is 2.53 bits per heavy atom. The molecule has 4 heteroatoms. The summed E-state index contributed by atoms with van der Waals surface area (Å²) >= 11 is 0. The van der Waals surface area contributed by atoms with Gasteiger partial charge in [-0.25, -0.2) is 0 Å². The lowest BCUT2D eigenvalue weighted by molar-refractivity contribution is -0.121. The fourth-order valence-electron chi connectivity index (χ4n) is 2.17. The van der Waals surface area contributed by atoms with E-state index in [9.17, 15) is 4.79 Å². The van der Waals surface area contributed by atoms with E-state index in [2.05, 4.69) is 10.6 Å². The largest absolute Gasteiger partial charge is 0.469 e. The summed E-state index contributed by atoms with van der Waals surface area (Å²) in [6.07, 6.45) is 6.36. The number of carbonyl (C=O) groups is 1. The van der Waals surface area contributed by atoms with Crippen molar-refractivity contribution in [3.8, 4) is 0 Å². The van der Waals surface area contributed by atoms with Gasteiger partial charge in [-0.3, -0.25) is 4.79 Å². The molecule has 1 aromatic heterocycles. The summed E-state index contributed by atoms with van der Waals surface area (Å²) in [5.74, 6) is 0.983. The first-order valence-corrected chi connectivity index (χ1v) is 6.37. The van der Waals surface area contributed by atoms with Gasteiger partial charge in [-0.2, -0.15) is 0 Å². The number of hydrogen-bond acceptors (Lipinski definition) is 3. The average Bonchev–Trinajstić information content (AvgIpc) is 2.99. The topological polar surface area (TPSA) is 54.3 Å². The Morgan fingerprint density at radius 1 is 1.59 bits per heavy atom. The van der Waals surface area contributed by atoms with E-state index in [1.54, 1.807) is 6.26 Å². The molecule has 1 aromatic rings. The van der Waals surface area contributed by atoms with E-state index in [-0.39, 0.29) is 5.91 Å². The summed E-state index contributed by atoms with van der Waals surface area (Å²) in [7, 11) is 0. The highest BCUT2D eigenvalue weighted by atomic mass is 16.3. The molecule has 0 aliphatic carbocycles. The number of rotatable bonds is 6. The Labute approximate surface area is 102 Å². The van der Waals surface area contributed by atoms with Gasteiger partial charge >= 0.3 is 0 Å². The molecule has 0 saturated carbocycles. The second kappa shape index (κ2) is 6.45. The third-order valence-electron chi connectivity index (χ3n) is 3.16. The first-order chi connectivity index (χ1) is 8.34. The molecule has 2 rings (SSSR count). The lowest BCUT2D eigenvalue weighted by Crippen LogP contribution is -2.30. The quantitative estimate of drug-likeness (QED) is 0.786. The van der Waals surface area contributed by atoms with Crippen molar-refractivity contribution in [3.05, 3.63) is 24.2 Å². The van der Waals surface area contributed by atoms with Crippen molar-refractivity contribution in [2.24, 2.45) is 0 Å². The van der Waals surface area contributed by atoms with Crippen LogP contribution in [0.3, 0.4) is 0 Å². The maximum Gasteiger partial charge on any atom is 0.220 e. The highest BCUT2D eigenvalue weighted by Gasteiger charge is 2.13. The molecule has 1 aliphatic rings. The molecule has 1 atom stereocenters. The monoisotopic (exact) mass is 236 g/mol. The van der Waals surface area contributed by atoms with Crippen LogP contribution in [0.5, 0.6) is 0 Å². The lowest BCUT2D eigenvalue weighted by Gasteiger charge is -2.10. The van der Waals surface area contributed by atoms with Gasteiger partial charge in [0.15, 0.2) is 0 Å². The van der Waals surface area contributed by atoms with Crippen LogP contribution in [0.1, 0.15) is 31.4 Å². The first kappa shape index (κ1) is 12.2. The minimum atomic E-state index is 0.111. The van der Waals surface area contributed by atoms with Gasteiger partial charge in [-0.05, 0) is 37.9 Å². The molecule has 0 unspecified atom stereocenters. The Morgan fingerprint density at radius 3 is 3.24 bits per heavy atom. The SMILES string of the molecule is O=C(CCc1ccco1)NCC[C@H]1CCCN1.